The van der Waals surface area contributed by atoms with Crippen LogP contribution in [-0.4, -0.2) is 24.2 Å². The maximum atomic E-state index is 13.5. The van der Waals surface area contributed by atoms with Gasteiger partial charge in [-0.1, -0.05) is 39.8 Å². The highest BCUT2D eigenvalue weighted by Gasteiger charge is 2.67. The van der Waals surface area contributed by atoms with Gasteiger partial charge in [0.1, 0.15) is 11.5 Å². The molecule has 1 atom stereocenters. The lowest BCUT2D eigenvalue weighted by atomic mass is 10.0. The van der Waals surface area contributed by atoms with E-state index in [0.29, 0.717) is 11.5 Å². The quantitative estimate of drug-likeness (QED) is 0.798. The molecule has 4 nitrogen and oxygen atoms in total. The fourth-order valence-corrected chi connectivity index (χ4v) is 4.67. The number of phenols is 1. The summed E-state index contributed by atoms with van der Waals surface area (Å²) in [5.74, 6) is 0.905. The average Bonchev–Trinajstić information content (AvgIpc) is 3.04. The third-order valence-electron chi connectivity index (χ3n) is 6.73. The molecule has 27 heavy (non-hydrogen) atoms. The number of para-hydroxylation sites is 1. The summed E-state index contributed by atoms with van der Waals surface area (Å²) in [5.41, 5.74) is 1.39. The maximum absolute atomic E-state index is 13.5. The SMILES string of the molecule is COc1ccc(N(C(=O)c2ccccc2O)C(C)C2C(C)(C)C2(C)C)cc1. The Balaban J connectivity index is 2.04. The molecule has 1 N–H and O–H groups in total. The third-order valence-corrected chi connectivity index (χ3v) is 6.73. The Morgan fingerprint density at radius 2 is 1.59 bits per heavy atom. The fraction of sp³-hybridized carbons (Fsp3) is 0.435. The van der Waals surface area contributed by atoms with E-state index in [1.54, 1.807) is 31.4 Å². The number of hydrogen-bond acceptors (Lipinski definition) is 3. The molecule has 0 bridgehead atoms. The van der Waals surface area contributed by atoms with Crippen LogP contribution in [0.15, 0.2) is 48.5 Å². The lowest BCUT2D eigenvalue weighted by molar-refractivity contribution is 0.0970. The molecule has 1 saturated carbocycles. The van der Waals surface area contributed by atoms with Crippen LogP contribution in [0, 0.1) is 16.7 Å². The van der Waals surface area contributed by atoms with Gasteiger partial charge in [0.15, 0.2) is 0 Å². The fourth-order valence-electron chi connectivity index (χ4n) is 4.67. The van der Waals surface area contributed by atoms with Crippen molar-refractivity contribution < 1.29 is 14.6 Å². The van der Waals surface area contributed by atoms with Gasteiger partial charge in [0.2, 0.25) is 0 Å². The highest BCUT2D eigenvalue weighted by molar-refractivity contribution is 6.08. The molecule has 144 valence electrons. The van der Waals surface area contributed by atoms with Crippen molar-refractivity contribution in [3.8, 4) is 11.5 Å². The molecular weight excluding hydrogens is 338 g/mol. The van der Waals surface area contributed by atoms with E-state index in [9.17, 15) is 9.90 Å². The standard InChI is InChI=1S/C23H29NO3/c1-15(20-22(2,3)23(20,4)5)24(16-11-13-17(27-6)14-12-16)21(26)18-9-7-8-10-19(18)25/h7-15,20,25H,1-6H3. The summed E-state index contributed by atoms with van der Waals surface area (Å²) in [6, 6.07) is 14.2. The molecule has 0 spiro atoms. The largest absolute Gasteiger partial charge is 0.507 e. The molecule has 1 aliphatic rings. The summed E-state index contributed by atoms with van der Waals surface area (Å²) in [5, 5.41) is 10.2. The van der Waals surface area contributed by atoms with Gasteiger partial charge < -0.3 is 14.7 Å². The topological polar surface area (TPSA) is 49.8 Å². The minimum absolute atomic E-state index is 0.00234. The maximum Gasteiger partial charge on any atom is 0.262 e. The Bertz CT molecular complexity index is 825. The van der Waals surface area contributed by atoms with Gasteiger partial charge in [-0.05, 0) is 60.1 Å². The van der Waals surface area contributed by atoms with Crippen LogP contribution >= 0.6 is 0 Å². The number of ether oxygens (including phenoxy) is 1. The molecule has 2 aromatic carbocycles. The lowest BCUT2D eigenvalue weighted by Crippen LogP contribution is -2.41. The summed E-state index contributed by atoms with van der Waals surface area (Å²) >= 11 is 0. The van der Waals surface area contributed by atoms with Gasteiger partial charge in [-0.15, -0.1) is 0 Å². The number of phenolic OH excluding ortho intramolecular Hbond substituents is 1. The van der Waals surface area contributed by atoms with Gasteiger partial charge in [0, 0.05) is 11.7 Å². The first kappa shape index (κ1) is 19.3. The van der Waals surface area contributed by atoms with E-state index in [0.717, 1.165) is 11.4 Å². The smallest absolute Gasteiger partial charge is 0.262 e. The molecule has 0 saturated heterocycles. The lowest BCUT2D eigenvalue weighted by Gasteiger charge is -2.31. The third kappa shape index (κ3) is 3.07. The monoisotopic (exact) mass is 367 g/mol. The zero-order valence-electron chi connectivity index (χ0n) is 17.0. The van der Waals surface area contributed by atoms with Crippen molar-refractivity contribution >= 4 is 11.6 Å². The number of anilines is 1. The van der Waals surface area contributed by atoms with Crippen LogP contribution in [0.2, 0.25) is 0 Å². The van der Waals surface area contributed by atoms with Gasteiger partial charge in [-0.3, -0.25) is 4.79 Å². The van der Waals surface area contributed by atoms with Crippen LogP contribution in [0.4, 0.5) is 5.69 Å². The zero-order valence-corrected chi connectivity index (χ0v) is 17.0. The Morgan fingerprint density at radius 1 is 1.04 bits per heavy atom. The van der Waals surface area contributed by atoms with Crippen molar-refractivity contribution in [3.63, 3.8) is 0 Å². The molecule has 1 amide bonds. The predicted molar refractivity (Wildman–Crippen MR) is 108 cm³/mol. The second-order valence-corrected chi connectivity index (χ2v) is 8.55. The number of amides is 1. The van der Waals surface area contributed by atoms with Crippen molar-refractivity contribution in [2.24, 2.45) is 16.7 Å². The Kier molecular flexibility index (Phi) is 4.71. The van der Waals surface area contributed by atoms with Gasteiger partial charge in [0.05, 0.1) is 12.7 Å². The second-order valence-electron chi connectivity index (χ2n) is 8.55. The summed E-state index contributed by atoms with van der Waals surface area (Å²) in [4.78, 5) is 15.3. The molecule has 4 heteroatoms. The van der Waals surface area contributed by atoms with Crippen molar-refractivity contribution in [1.29, 1.82) is 0 Å². The van der Waals surface area contributed by atoms with Gasteiger partial charge in [-0.2, -0.15) is 0 Å². The molecule has 1 fully saturated rings. The number of benzene rings is 2. The molecule has 0 aromatic heterocycles. The van der Waals surface area contributed by atoms with Crippen LogP contribution in [-0.2, 0) is 0 Å². The van der Waals surface area contributed by atoms with E-state index in [1.807, 2.05) is 29.2 Å². The van der Waals surface area contributed by atoms with Crippen LogP contribution < -0.4 is 9.64 Å². The summed E-state index contributed by atoms with van der Waals surface area (Å²) in [6.07, 6.45) is 0. The first-order chi connectivity index (χ1) is 12.6. The first-order valence-electron chi connectivity index (χ1n) is 9.38. The number of carbonyl (C=O) groups is 1. The molecule has 2 aromatic rings. The molecule has 0 heterocycles. The van der Waals surface area contributed by atoms with Crippen molar-refractivity contribution in [2.45, 2.75) is 40.7 Å². The second kappa shape index (κ2) is 6.59. The highest BCUT2D eigenvalue weighted by atomic mass is 16.5. The van der Waals surface area contributed by atoms with E-state index in [-0.39, 0.29) is 28.5 Å². The normalized spacial score (nSPS) is 18.6. The molecule has 0 radical (unpaired) electrons. The summed E-state index contributed by atoms with van der Waals surface area (Å²) in [7, 11) is 1.62. The molecule has 1 aliphatic carbocycles. The van der Waals surface area contributed by atoms with Gasteiger partial charge in [-0.25, -0.2) is 0 Å². The molecule has 1 unspecified atom stereocenters. The van der Waals surface area contributed by atoms with Crippen LogP contribution in [0.25, 0.3) is 0 Å². The Hall–Kier alpha value is -2.49. The van der Waals surface area contributed by atoms with Crippen LogP contribution in [0.5, 0.6) is 11.5 Å². The van der Waals surface area contributed by atoms with E-state index in [4.69, 9.17) is 4.74 Å². The predicted octanol–water partition coefficient (Wildman–Crippen LogP) is 5.12. The Labute approximate surface area is 161 Å². The molecule has 3 rings (SSSR count). The van der Waals surface area contributed by atoms with E-state index < -0.39 is 0 Å². The number of aromatic hydroxyl groups is 1. The van der Waals surface area contributed by atoms with E-state index in [2.05, 4.69) is 34.6 Å². The number of nitrogens with zero attached hydrogens (tertiary/aromatic N) is 1. The number of hydrogen-bond donors (Lipinski definition) is 1. The average molecular weight is 367 g/mol. The van der Waals surface area contributed by atoms with Crippen LogP contribution in [0.1, 0.15) is 45.0 Å². The highest BCUT2D eigenvalue weighted by Crippen LogP contribution is 2.70. The molecular formula is C23H29NO3. The van der Waals surface area contributed by atoms with Gasteiger partial charge >= 0.3 is 0 Å². The van der Waals surface area contributed by atoms with E-state index in [1.165, 1.54) is 0 Å². The van der Waals surface area contributed by atoms with Crippen molar-refractivity contribution in [3.05, 3.63) is 54.1 Å². The number of carbonyl (C=O) groups excluding carboxylic acids is 1. The van der Waals surface area contributed by atoms with Gasteiger partial charge in [0.25, 0.3) is 5.91 Å². The van der Waals surface area contributed by atoms with Crippen LogP contribution in [0.3, 0.4) is 0 Å². The minimum atomic E-state index is -0.190. The van der Waals surface area contributed by atoms with E-state index >= 15 is 0 Å². The van der Waals surface area contributed by atoms with Crippen molar-refractivity contribution in [2.75, 3.05) is 12.0 Å². The first-order valence-corrected chi connectivity index (χ1v) is 9.38. The Morgan fingerprint density at radius 3 is 2.07 bits per heavy atom. The number of rotatable bonds is 5. The zero-order chi connectivity index (χ0) is 20.0. The number of methoxy groups -OCH3 is 1. The molecule has 0 aliphatic heterocycles. The van der Waals surface area contributed by atoms with Crippen molar-refractivity contribution in [1.82, 2.24) is 0 Å². The minimum Gasteiger partial charge on any atom is -0.507 e. The summed E-state index contributed by atoms with van der Waals surface area (Å²) in [6.45, 7) is 11.1. The summed E-state index contributed by atoms with van der Waals surface area (Å²) < 4.78 is 5.26.